The van der Waals surface area contributed by atoms with Crippen molar-refractivity contribution >= 4 is 5.91 Å². The zero-order valence-electron chi connectivity index (χ0n) is 12.5. The molecule has 0 saturated carbocycles. The molecule has 2 unspecified atom stereocenters. The van der Waals surface area contributed by atoms with E-state index in [1.165, 1.54) is 0 Å². The van der Waals surface area contributed by atoms with E-state index in [-0.39, 0.29) is 11.9 Å². The van der Waals surface area contributed by atoms with Crippen molar-refractivity contribution in [3.8, 4) is 5.75 Å². The Labute approximate surface area is 120 Å². The van der Waals surface area contributed by atoms with E-state index in [2.05, 4.69) is 30.5 Å². The lowest BCUT2D eigenvalue weighted by molar-refractivity contribution is 0.0957. The Kier molecular flexibility index (Phi) is 5.01. The van der Waals surface area contributed by atoms with Crippen molar-refractivity contribution in [3.05, 3.63) is 29.3 Å². The number of carbonyl (C=O) groups is 1. The third kappa shape index (κ3) is 3.12. The molecular weight excluding hydrogens is 252 g/mol. The molecule has 2 N–H and O–H groups in total. The van der Waals surface area contributed by atoms with Gasteiger partial charge in [-0.05, 0) is 37.1 Å². The molecule has 1 aliphatic heterocycles. The topological polar surface area (TPSA) is 50.4 Å². The summed E-state index contributed by atoms with van der Waals surface area (Å²) in [5, 5.41) is 6.22. The van der Waals surface area contributed by atoms with E-state index < -0.39 is 0 Å². The van der Waals surface area contributed by atoms with E-state index in [0.29, 0.717) is 30.4 Å². The molecule has 0 aromatic heterocycles. The maximum atomic E-state index is 12.1. The zero-order chi connectivity index (χ0) is 14.5. The second-order valence-electron chi connectivity index (χ2n) is 5.39. The van der Waals surface area contributed by atoms with Crippen LogP contribution in [-0.2, 0) is 0 Å². The van der Waals surface area contributed by atoms with Gasteiger partial charge in [-0.15, -0.1) is 0 Å². The summed E-state index contributed by atoms with van der Waals surface area (Å²) in [4.78, 5) is 12.1. The third-order valence-electron chi connectivity index (χ3n) is 3.88. The number of fused-ring (bicyclic) bond motifs is 1. The number of hydrogen-bond donors (Lipinski definition) is 2. The summed E-state index contributed by atoms with van der Waals surface area (Å²) in [7, 11) is 1.97. The van der Waals surface area contributed by atoms with Crippen molar-refractivity contribution in [2.75, 3.05) is 20.2 Å². The molecule has 0 aliphatic carbocycles. The van der Waals surface area contributed by atoms with E-state index in [9.17, 15) is 4.79 Å². The Morgan fingerprint density at radius 1 is 1.45 bits per heavy atom. The monoisotopic (exact) mass is 276 g/mol. The molecule has 20 heavy (non-hydrogen) atoms. The van der Waals surface area contributed by atoms with Gasteiger partial charge in [-0.1, -0.05) is 26.3 Å². The lowest BCUT2D eigenvalue weighted by Gasteiger charge is -2.24. The fourth-order valence-corrected chi connectivity index (χ4v) is 2.87. The number of carbonyl (C=O) groups excluding carboxylic acids is 1. The van der Waals surface area contributed by atoms with Crippen LogP contribution in [0.15, 0.2) is 18.2 Å². The summed E-state index contributed by atoms with van der Waals surface area (Å²) < 4.78 is 5.59. The number of ether oxygens (including phenoxy) is 1. The molecule has 2 atom stereocenters. The second kappa shape index (κ2) is 6.75. The van der Waals surface area contributed by atoms with Crippen LogP contribution in [0.2, 0.25) is 0 Å². The Hall–Kier alpha value is -1.55. The third-order valence-corrected chi connectivity index (χ3v) is 3.88. The number of benzene rings is 1. The minimum Gasteiger partial charge on any atom is -0.491 e. The van der Waals surface area contributed by atoms with E-state index in [1.807, 2.05) is 19.2 Å². The van der Waals surface area contributed by atoms with Gasteiger partial charge in [-0.2, -0.15) is 0 Å². The highest BCUT2D eigenvalue weighted by Crippen LogP contribution is 2.29. The molecular formula is C16H24N2O2. The van der Waals surface area contributed by atoms with Crippen molar-refractivity contribution in [1.29, 1.82) is 0 Å². The first-order valence-electron chi connectivity index (χ1n) is 7.39. The van der Waals surface area contributed by atoms with Gasteiger partial charge in [0, 0.05) is 6.04 Å². The fraction of sp³-hybridized carbons (Fsp3) is 0.562. The van der Waals surface area contributed by atoms with Crippen LogP contribution in [-0.4, -0.2) is 26.1 Å². The zero-order valence-corrected chi connectivity index (χ0v) is 12.5. The molecule has 1 aromatic carbocycles. The largest absolute Gasteiger partial charge is 0.491 e. The van der Waals surface area contributed by atoms with Crippen molar-refractivity contribution in [1.82, 2.24) is 10.6 Å². The van der Waals surface area contributed by atoms with Crippen LogP contribution in [0.25, 0.3) is 0 Å². The van der Waals surface area contributed by atoms with Crippen LogP contribution < -0.4 is 15.4 Å². The van der Waals surface area contributed by atoms with Crippen LogP contribution >= 0.6 is 0 Å². The van der Waals surface area contributed by atoms with E-state index in [4.69, 9.17) is 4.74 Å². The highest BCUT2D eigenvalue weighted by molar-refractivity contribution is 5.97. The molecule has 4 nitrogen and oxygen atoms in total. The van der Waals surface area contributed by atoms with Gasteiger partial charge in [-0.3, -0.25) is 4.79 Å². The molecule has 1 aromatic rings. The van der Waals surface area contributed by atoms with E-state index >= 15 is 0 Å². The molecule has 110 valence electrons. The van der Waals surface area contributed by atoms with Gasteiger partial charge in [0.15, 0.2) is 0 Å². The highest BCUT2D eigenvalue weighted by atomic mass is 16.5. The van der Waals surface area contributed by atoms with Gasteiger partial charge < -0.3 is 15.4 Å². The minimum absolute atomic E-state index is 0.0441. The Balaban J connectivity index is 2.31. The minimum atomic E-state index is -0.0441. The first-order chi connectivity index (χ1) is 9.67. The van der Waals surface area contributed by atoms with E-state index in [0.717, 1.165) is 18.4 Å². The molecule has 1 heterocycles. The van der Waals surface area contributed by atoms with Crippen LogP contribution in [0.1, 0.15) is 48.7 Å². The Morgan fingerprint density at radius 3 is 2.95 bits per heavy atom. The molecule has 1 aliphatic rings. The predicted molar refractivity (Wildman–Crippen MR) is 80.1 cm³/mol. The summed E-state index contributed by atoms with van der Waals surface area (Å²) in [6.07, 6.45) is 2.32. The van der Waals surface area contributed by atoms with Crippen LogP contribution in [0, 0.1) is 5.92 Å². The van der Waals surface area contributed by atoms with Crippen LogP contribution in [0.3, 0.4) is 0 Å². The first-order valence-corrected chi connectivity index (χ1v) is 7.39. The van der Waals surface area contributed by atoms with Crippen LogP contribution in [0.4, 0.5) is 0 Å². The first kappa shape index (κ1) is 14.9. The Morgan fingerprint density at radius 2 is 2.25 bits per heavy atom. The van der Waals surface area contributed by atoms with Gasteiger partial charge in [0.2, 0.25) is 0 Å². The SMILES string of the molecule is CCCC(C)C(NC)c1ccc2c(c1)C(=O)NCCO2. The molecule has 0 fully saturated rings. The summed E-state index contributed by atoms with van der Waals surface area (Å²) in [5.74, 6) is 1.16. The summed E-state index contributed by atoms with van der Waals surface area (Å²) in [6, 6.07) is 6.20. The maximum Gasteiger partial charge on any atom is 0.255 e. The Bertz CT molecular complexity index is 474. The van der Waals surface area contributed by atoms with Gasteiger partial charge in [0.1, 0.15) is 12.4 Å². The van der Waals surface area contributed by atoms with Crippen molar-refractivity contribution < 1.29 is 9.53 Å². The molecule has 0 spiro atoms. The molecule has 2 rings (SSSR count). The quantitative estimate of drug-likeness (QED) is 0.869. The molecule has 1 amide bonds. The standard InChI is InChI=1S/C16H24N2O2/c1-4-5-11(2)15(17-3)12-6-7-14-13(10-12)16(19)18-8-9-20-14/h6-7,10-11,15,17H,4-5,8-9H2,1-3H3,(H,18,19). The average Bonchev–Trinajstić information content (AvgIpc) is 2.62. The summed E-state index contributed by atoms with van der Waals surface area (Å²) in [6.45, 7) is 5.53. The van der Waals surface area contributed by atoms with Gasteiger partial charge >= 0.3 is 0 Å². The van der Waals surface area contributed by atoms with E-state index in [1.54, 1.807) is 0 Å². The van der Waals surface area contributed by atoms with Crippen molar-refractivity contribution in [2.24, 2.45) is 5.92 Å². The normalized spacial score (nSPS) is 17.4. The molecule has 0 saturated heterocycles. The number of amides is 1. The van der Waals surface area contributed by atoms with Gasteiger partial charge in [0.05, 0.1) is 12.1 Å². The lowest BCUT2D eigenvalue weighted by Crippen LogP contribution is -2.26. The summed E-state index contributed by atoms with van der Waals surface area (Å²) in [5.41, 5.74) is 1.79. The smallest absolute Gasteiger partial charge is 0.255 e. The van der Waals surface area contributed by atoms with Crippen LogP contribution in [0.5, 0.6) is 5.75 Å². The average molecular weight is 276 g/mol. The number of nitrogens with one attached hydrogen (secondary N) is 2. The molecule has 0 bridgehead atoms. The molecule has 4 heteroatoms. The highest BCUT2D eigenvalue weighted by Gasteiger charge is 2.21. The van der Waals surface area contributed by atoms with Gasteiger partial charge in [0.25, 0.3) is 5.91 Å². The maximum absolute atomic E-state index is 12.1. The fourth-order valence-electron chi connectivity index (χ4n) is 2.87. The van der Waals surface area contributed by atoms with Crippen molar-refractivity contribution in [2.45, 2.75) is 32.7 Å². The lowest BCUT2D eigenvalue weighted by atomic mass is 9.90. The summed E-state index contributed by atoms with van der Waals surface area (Å²) >= 11 is 0. The second-order valence-corrected chi connectivity index (χ2v) is 5.39. The van der Waals surface area contributed by atoms with Crippen molar-refractivity contribution in [3.63, 3.8) is 0 Å². The number of rotatable bonds is 5. The molecule has 0 radical (unpaired) electrons. The number of hydrogen-bond acceptors (Lipinski definition) is 3. The predicted octanol–water partition coefficient (Wildman–Crippen LogP) is 2.51. The van der Waals surface area contributed by atoms with Gasteiger partial charge in [-0.25, -0.2) is 0 Å².